The van der Waals surface area contributed by atoms with Crippen LogP contribution in [0.1, 0.15) is 39.0 Å². The van der Waals surface area contributed by atoms with Gasteiger partial charge in [0.25, 0.3) is 5.91 Å². The van der Waals surface area contributed by atoms with E-state index in [1.807, 2.05) is 13.0 Å². The minimum Gasteiger partial charge on any atom is -0.381 e. The van der Waals surface area contributed by atoms with Gasteiger partial charge in [-0.05, 0) is 44.3 Å². The highest BCUT2D eigenvalue weighted by atomic mass is 32.2. The Balaban J connectivity index is 2.01. The summed E-state index contributed by atoms with van der Waals surface area (Å²) in [4.78, 5) is 13.0. The van der Waals surface area contributed by atoms with E-state index in [1.54, 1.807) is 19.2 Å². The number of hydrogen-bond donors (Lipinski definition) is 1. The molecule has 0 aromatic carbocycles. The van der Waals surface area contributed by atoms with Gasteiger partial charge in [0.1, 0.15) is 0 Å². The van der Waals surface area contributed by atoms with Crippen LogP contribution in [0, 0.1) is 0 Å². The first-order valence-electron chi connectivity index (χ1n) is 8.95. The van der Waals surface area contributed by atoms with E-state index in [9.17, 15) is 9.00 Å². The number of hydrogen-bond acceptors (Lipinski definition) is 4. The second kappa shape index (κ2) is 10.0. The summed E-state index contributed by atoms with van der Waals surface area (Å²) in [5.74, 6) is -0.219. The lowest BCUT2D eigenvalue weighted by atomic mass is 10.00. The largest absolute Gasteiger partial charge is 0.381 e. The Hall–Kier alpha value is -1.24. The molecule has 1 amide bonds. The summed E-state index contributed by atoms with van der Waals surface area (Å²) in [5.41, 5.74) is 0.566. The van der Waals surface area contributed by atoms with E-state index in [0.29, 0.717) is 18.8 Å². The third-order valence-electron chi connectivity index (χ3n) is 4.65. The maximum Gasteiger partial charge on any atom is 0.253 e. The molecule has 0 radical (unpaired) electrons. The molecular weight excluding hydrogens is 338 g/mol. The molecular formula is C19H29NO4S. The maximum absolute atomic E-state index is 12.5. The van der Waals surface area contributed by atoms with Gasteiger partial charge in [0.2, 0.25) is 0 Å². The van der Waals surface area contributed by atoms with Crippen molar-refractivity contribution in [1.29, 1.82) is 0 Å². The molecule has 2 aliphatic rings. The third-order valence-corrected chi connectivity index (χ3v) is 6.56. The number of carbonyl (C=O) groups excluding carboxylic acids is 1. The number of ether oxygens (including phenoxy) is 2. The van der Waals surface area contributed by atoms with Crippen LogP contribution in [0.3, 0.4) is 0 Å². The number of allylic oxidation sites excluding steroid dienone is 2. The van der Waals surface area contributed by atoms with E-state index in [-0.39, 0.29) is 17.3 Å². The van der Waals surface area contributed by atoms with E-state index in [1.165, 1.54) is 0 Å². The van der Waals surface area contributed by atoms with Crippen LogP contribution in [0.15, 0.2) is 35.3 Å². The van der Waals surface area contributed by atoms with Gasteiger partial charge in [0.05, 0.1) is 16.9 Å². The van der Waals surface area contributed by atoms with Crippen LogP contribution in [0.4, 0.5) is 0 Å². The molecule has 2 atom stereocenters. The van der Waals surface area contributed by atoms with Crippen molar-refractivity contribution in [2.45, 2.75) is 56.5 Å². The fraction of sp³-hybridized carbons (Fsp3) is 0.632. The fourth-order valence-electron chi connectivity index (χ4n) is 2.79. The molecule has 140 valence electrons. The number of carbonyl (C=O) groups is 1. The number of rotatable bonds is 8. The normalized spacial score (nSPS) is 22.4. The minimum absolute atomic E-state index is 0.00787. The molecule has 0 bridgehead atoms. The van der Waals surface area contributed by atoms with Crippen LogP contribution < -0.4 is 5.32 Å². The Morgan fingerprint density at radius 1 is 1.28 bits per heavy atom. The van der Waals surface area contributed by atoms with Crippen molar-refractivity contribution in [3.8, 4) is 0 Å². The SMILES string of the molecule is C=C(/C=C\C(=C/C)S(=O)C1CCC1)C(OC1CCOCC1)C(=O)NC. The molecule has 1 aliphatic heterocycles. The van der Waals surface area contributed by atoms with E-state index in [0.717, 1.165) is 37.0 Å². The molecule has 0 spiro atoms. The van der Waals surface area contributed by atoms with Gasteiger partial charge >= 0.3 is 0 Å². The highest BCUT2D eigenvalue weighted by Gasteiger charge is 2.27. The first kappa shape index (κ1) is 20.1. The van der Waals surface area contributed by atoms with E-state index in [4.69, 9.17) is 9.47 Å². The average Bonchev–Trinajstić information content (AvgIpc) is 2.58. The van der Waals surface area contributed by atoms with Crippen molar-refractivity contribution in [3.05, 3.63) is 35.3 Å². The van der Waals surface area contributed by atoms with Gasteiger partial charge in [-0.2, -0.15) is 0 Å². The summed E-state index contributed by atoms with van der Waals surface area (Å²) in [6.45, 7) is 7.19. The van der Waals surface area contributed by atoms with Gasteiger partial charge in [-0.25, -0.2) is 0 Å². The van der Waals surface area contributed by atoms with Gasteiger partial charge in [0, 0.05) is 30.4 Å². The zero-order valence-corrected chi connectivity index (χ0v) is 16.0. The molecule has 1 heterocycles. The summed E-state index contributed by atoms with van der Waals surface area (Å²) < 4.78 is 23.8. The Morgan fingerprint density at radius 2 is 1.96 bits per heavy atom. The Bertz CT molecular complexity index is 560. The van der Waals surface area contributed by atoms with Gasteiger partial charge in [0.15, 0.2) is 6.10 Å². The van der Waals surface area contributed by atoms with Gasteiger partial charge in [-0.1, -0.05) is 25.2 Å². The second-order valence-corrected chi connectivity index (χ2v) is 8.12. The first-order valence-corrected chi connectivity index (χ1v) is 10.2. The maximum atomic E-state index is 12.5. The molecule has 1 N–H and O–H groups in total. The van der Waals surface area contributed by atoms with E-state index < -0.39 is 16.9 Å². The van der Waals surface area contributed by atoms with Crippen molar-refractivity contribution < 1.29 is 18.5 Å². The van der Waals surface area contributed by atoms with Crippen molar-refractivity contribution >= 4 is 16.7 Å². The predicted molar refractivity (Wildman–Crippen MR) is 101 cm³/mol. The zero-order valence-electron chi connectivity index (χ0n) is 15.2. The van der Waals surface area contributed by atoms with Crippen LogP contribution in [-0.4, -0.2) is 47.8 Å². The lowest BCUT2D eigenvalue weighted by Gasteiger charge is -2.27. The molecule has 1 saturated heterocycles. The van der Waals surface area contributed by atoms with Crippen LogP contribution >= 0.6 is 0 Å². The molecule has 1 aliphatic carbocycles. The quantitative estimate of drug-likeness (QED) is 0.670. The van der Waals surface area contributed by atoms with Crippen molar-refractivity contribution in [2.75, 3.05) is 20.3 Å². The molecule has 1 saturated carbocycles. The number of amides is 1. The zero-order chi connectivity index (χ0) is 18.2. The summed E-state index contributed by atoms with van der Waals surface area (Å²) in [5, 5.41) is 2.89. The molecule has 0 aromatic heterocycles. The summed E-state index contributed by atoms with van der Waals surface area (Å²) in [6, 6.07) is 0. The van der Waals surface area contributed by atoms with Crippen LogP contribution in [0.5, 0.6) is 0 Å². The van der Waals surface area contributed by atoms with Gasteiger partial charge in [-0.3, -0.25) is 9.00 Å². The molecule has 2 unspecified atom stereocenters. The van der Waals surface area contributed by atoms with E-state index >= 15 is 0 Å². The standard InChI is InChI=1S/C19H29NO4S/c1-4-16(25(22)17-6-5-7-17)9-8-14(2)18(19(21)20-3)24-15-10-12-23-13-11-15/h4,8-9,15,17-18H,2,5-7,10-13H2,1,3H3,(H,20,21)/b9-8-,16-4+. The lowest BCUT2D eigenvalue weighted by molar-refractivity contribution is -0.136. The van der Waals surface area contributed by atoms with Crippen LogP contribution in [0.25, 0.3) is 0 Å². The number of likely N-dealkylation sites (N-methyl/N-ethyl adjacent to an activating group) is 1. The Morgan fingerprint density at radius 3 is 2.48 bits per heavy atom. The van der Waals surface area contributed by atoms with Gasteiger partial charge < -0.3 is 14.8 Å². The minimum atomic E-state index is -0.989. The molecule has 6 heteroatoms. The van der Waals surface area contributed by atoms with Crippen molar-refractivity contribution in [1.82, 2.24) is 5.32 Å². The molecule has 25 heavy (non-hydrogen) atoms. The highest BCUT2D eigenvalue weighted by Crippen LogP contribution is 2.28. The summed E-state index contributed by atoms with van der Waals surface area (Å²) in [7, 11) is 0.597. The summed E-state index contributed by atoms with van der Waals surface area (Å²) >= 11 is 0. The second-order valence-electron chi connectivity index (χ2n) is 6.39. The Labute approximate surface area is 153 Å². The third kappa shape index (κ3) is 5.62. The molecule has 0 aromatic rings. The topological polar surface area (TPSA) is 64.6 Å². The number of nitrogens with one attached hydrogen (secondary N) is 1. The Kier molecular flexibility index (Phi) is 8.06. The van der Waals surface area contributed by atoms with Gasteiger partial charge in [-0.15, -0.1) is 0 Å². The predicted octanol–water partition coefficient (Wildman–Crippen LogP) is 2.61. The fourth-order valence-corrected chi connectivity index (χ4v) is 4.37. The highest BCUT2D eigenvalue weighted by molar-refractivity contribution is 7.89. The van der Waals surface area contributed by atoms with E-state index in [2.05, 4.69) is 11.9 Å². The van der Waals surface area contributed by atoms with Crippen LogP contribution in [0.2, 0.25) is 0 Å². The van der Waals surface area contributed by atoms with Crippen LogP contribution in [-0.2, 0) is 25.1 Å². The summed E-state index contributed by atoms with van der Waals surface area (Å²) in [6.07, 6.45) is 9.43. The lowest BCUT2D eigenvalue weighted by Crippen LogP contribution is -2.39. The molecule has 2 rings (SSSR count). The average molecular weight is 368 g/mol. The van der Waals surface area contributed by atoms with Crippen molar-refractivity contribution in [3.63, 3.8) is 0 Å². The molecule has 5 nitrogen and oxygen atoms in total. The molecule has 2 fully saturated rings. The van der Waals surface area contributed by atoms with Crippen molar-refractivity contribution in [2.24, 2.45) is 0 Å². The monoisotopic (exact) mass is 367 g/mol. The first-order chi connectivity index (χ1) is 12.1. The smallest absolute Gasteiger partial charge is 0.253 e.